The Bertz CT molecular complexity index is 737. The van der Waals surface area contributed by atoms with Gasteiger partial charge in [0.1, 0.15) is 11.6 Å². The first-order chi connectivity index (χ1) is 13.2. The second kappa shape index (κ2) is 7.99. The van der Waals surface area contributed by atoms with Crippen LogP contribution in [0.15, 0.2) is 24.3 Å². The van der Waals surface area contributed by atoms with Crippen molar-refractivity contribution in [2.75, 3.05) is 4.90 Å². The second-order valence-electron chi connectivity index (χ2n) is 9.29. The number of hydrogen-bond acceptors (Lipinski definition) is 5. The SMILES string of the molecule is CCC(C(=O)O)N(C(=O)OC(C)(C)C)c1ccc(B2OC(C)(C)C(C)(C)O2)cc1. The number of ether oxygens (including phenoxy) is 1. The second-order valence-corrected chi connectivity index (χ2v) is 9.29. The molecule has 0 spiro atoms. The van der Waals surface area contributed by atoms with Crippen molar-refractivity contribution in [1.82, 2.24) is 0 Å². The van der Waals surface area contributed by atoms with Gasteiger partial charge in [0, 0.05) is 5.69 Å². The largest absolute Gasteiger partial charge is 0.494 e. The van der Waals surface area contributed by atoms with Gasteiger partial charge in [0.15, 0.2) is 0 Å². The molecular formula is C21H32BNO6. The zero-order chi connectivity index (χ0) is 22.2. The van der Waals surface area contributed by atoms with Crippen LogP contribution in [0.5, 0.6) is 0 Å². The molecule has 0 radical (unpaired) electrons. The number of nitrogens with zero attached hydrogens (tertiary/aromatic N) is 1. The van der Waals surface area contributed by atoms with Gasteiger partial charge in [-0.15, -0.1) is 0 Å². The lowest BCUT2D eigenvalue weighted by Crippen LogP contribution is -2.47. The minimum absolute atomic E-state index is 0.244. The van der Waals surface area contributed by atoms with Gasteiger partial charge in [0.25, 0.3) is 0 Å². The molecule has 0 aromatic heterocycles. The Labute approximate surface area is 173 Å². The van der Waals surface area contributed by atoms with E-state index in [2.05, 4.69) is 0 Å². The highest BCUT2D eigenvalue weighted by atomic mass is 16.7. The van der Waals surface area contributed by atoms with Gasteiger partial charge in [-0.3, -0.25) is 4.90 Å². The van der Waals surface area contributed by atoms with E-state index in [0.29, 0.717) is 5.69 Å². The normalized spacial score (nSPS) is 19.0. The molecule has 1 heterocycles. The molecule has 1 aromatic rings. The molecule has 1 N–H and O–H groups in total. The highest BCUT2D eigenvalue weighted by Gasteiger charge is 2.51. The molecular weight excluding hydrogens is 373 g/mol. The van der Waals surface area contributed by atoms with Crippen LogP contribution in [0.3, 0.4) is 0 Å². The third-order valence-corrected chi connectivity index (χ3v) is 5.27. The Morgan fingerprint density at radius 2 is 1.59 bits per heavy atom. The highest BCUT2D eigenvalue weighted by Crippen LogP contribution is 2.36. The average Bonchev–Trinajstić information content (AvgIpc) is 2.78. The van der Waals surface area contributed by atoms with Crippen LogP contribution in [0, 0.1) is 0 Å². The maximum Gasteiger partial charge on any atom is 0.494 e. The molecule has 7 nitrogen and oxygen atoms in total. The Morgan fingerprint density at radius 3 is 1.97 bits per heavy atom. The van der Waals surface area contributed by atoms with Crippen LogP contribution < -0.4 is 10.4 Å². The van der Waals surface area contributed by atoms with E-state index in [0.717, 1.165) is 5.46 Å². The number of carboxylic acids is 1. The third kappa shape index (κ3) is 5.11. The van der Waals surface area contributed by atoms with Crippen molar-refractivity contribution in [1.29, 1.82) is 0 Å². The smallest absolute Gasteiger partial charge is 0.480 e. The monoisotopic (exact) mass is 405 g/mol. The van der Waals surface area contributed by atoms with Crippen LogP contribution in [0.25, 0.3) is 0 Å². The number of anilines is 1. The summed E-state index contributed by atoms with van der Waals surface area (Å²) in [5.41, 5.74) is -0.437. The summed E-state index contributed by atoms with van der Waals surface area (Å²) in [4.78, 5) is 25.7. The van der Waals surface area contributed by atoms with Crippen LogP contribution >= 0.6 is 0 Å². The summed E-state index contributed by atoms with van der Waals surface area (Å²) in [5.74, 6) is -1.09. The van der Waals surface area contributed by atoms with Gasteiger partial charge in [-0.1, -0.05) is 19.1 Å². The summed E-state index contributed by atoms with van der Waals surface area (Å²) in [5, 5.41) is 9.61. The molecule has 1 amide bonds. The molecule has 29 heavy (non-hydrogen) atoms. The molecule has 0 aliphatic carbocycles. The van der Waals surface area contributed by atoms with Crippen molar-refractivity contribution >= 4 is 30.3 Å². The van der Waals surface area contributed by atoms with Crippen molar-refractivity contribution in [3.63, 3.8) is 0 Å². The highest BCUT2D eigenvalue weighted by molar-refractivity contribution is 6.62. The number of carboxylic acid groups (broad SMARTS) is 1. The van der Waals surface area contributed by atoms with E-state index in [4.69, 9.17) is 14.0 Å². The molecule has 1 fully saturated rings. The first kappa shape index (κ1) is 23.2. The zero-order valence-electron chi connectivity index (χ0n) is 18.6. The Morgan fingerprint density at radius 1 is 1.10 bits per heavy atom. The fourth-order valence-corrected chi connectivity index (χ4v) is 2.96. The van der Waals surface area contributed by atoms with Gasteiger partial charge in [-0.25, -0.2) is 9.59 Å². The van der Waals surface area contributed by atoms with Crippen LogP contribution in [0.2, 0.25) is 0 Å². The topological polar surface area (TPSA) is 85.3 Å². The van der Waals surface area contributed by atoms with Gasteiger partial charge in [-0.2, -0.15) is 0 Å². The summed E-state index contributed by atoms with van der Waals surface area (Å²) in [7, 11) is -0.537. The van der Waals surface area contributed by atoms with Gasteiger partial charge >= 0.3 is 19.2 Å². The number of aliphatic carboxylic acids is 1. The van der Waals surface area contributed by atoms with E-state index in [1.54, 1.807) is 52.0 Å². The molecule has 2 rings (SSSR count). The quantitative estimate of drug-likeness (QED) is 0.754. The predicted molar refractivity (Wildman–Crippen MR) is 113 cm³/mol. The number of carbonyl (C=O) groups is 2. The summed E-state index contributed by atoms with van der Waals surface area (Å²) < 4.78 is 17.5. The lowest BCUT2D eigenvalue weighted by molar-refractivity contribution is -0.138. The average molecular weight is 405 g/mol. The van der Waals surface area contributed by atoms with E-state index in [9.17, 15) is 14.7 Å². The van der Waals surface area contributed by atoms with Crippen molar-refractivity contribution in [2.45, 2.75) is 84.7 Å². The molecule has 1 unspecified atom stereocenters. The number of hydrogen-bond donors (Lipinski definition) is 1. The lowest BCUT2D eigenvalue weighted by atomic mass is 9.79. The Balaban J connectivity index is 2.33. The van der Waals surface area contributed by atoms with Gasteiger partial charge in [-0.05, 0) is 72.5 Å². The Kier molecular flexibility index (Phi) is 6.40. The van der Waals surface area contributed by atoms with Crippen LogP contribution in [0.4, 0.5) is 10.5 Å². The molecule has 8 heteroatoms. The fraction of sp³-hybridized carbons (Fsp3) is 0.619. The molecule has 1 aromatic carbocycles. The Hall–Kier alpha value is -2.06. The summed E-state index contributed by atoms with van der Waals surface area (Å²) >= 11 is 0. The molecule has 1 atom stereocenters. The zero-order valence-corrected chi connectivity index (χ0v) is 18.6. The maximum absolute atomic E-state index is 12.8. The minimum Gasteiger partial charge on any atom is -0.480 e. The summed E-state index contributed by atoms with van der Waals surface area (Å²) in [6.45, 7) is 14.8. The molecule has 1 aliphatic rings. The van der Waals surface area contributed by atoms with Crippen LogP contribution in [-0.2, 0) is 18.8 Å². The van der Waals surface area contributed by atoms with Crippen LogP contribution in [0.1, 0.15) is 61.8 Å². The minimum atomic E-state index is -1.09. The molecule has 1 saturated heterocycles. The molecule has 0 bridgehead atoms. The van der Waals surface area contributed by atoms with Crippen molar-refractivity contribution in [3.8, 4) is 0 Å². The van der Waals surface area contributed by atoms with Gasteiger partial charge in [0.2, 0.25) is 0 Å². The summed E-state index contributed by atoms with van der Waals surface area (Å²) in [6, 6.07) is 5.91. The first-order valence-corrected chi connectivity index (χ1v) is 9.89. The fourth-order valence-electron chi connectivity index (χ4n) is 2.96. The van der Waals surface area contributed by atoms with Crippen molar-refractivity contribution in [2.24, 2.45) is 0 Å². The van der Waals surface area contributed by atoms with E-state index < -0.39 is 42.0 Å². The lowest BCUT2D eigenvalue weighted by Gasteiger charge is -2.32. The third-order valence-electron chi connectivity index (χ3n) is 5.27. The van der Waals surface area contributed by atoms with Crippen molar-refractivity contribution in [3.05, 3.63) is 24.3 Å². The molecule has 0 saturated carbocycles. The predicted octanol–water partition coefficient (Wildman–Crippen LogP) is 3.59. The summed E-state index contributed by atoms with van der Waals surface area (Å²) in [6.07, 6.45) is -0.455. The van der Waals surface area contributed by atoms with Crippen molar-refractivity contribution < 1.29 is 28.7 Å². The van der Waals surface area contributed by atoms with Gasteiger partial charge < -0.3 is 19.2 Å². The van der Waals surface area contributed by atoms with E-state index in [-0.39, 0.29) is 6.42 Å². The molecule has 1 aliphatic heterocycles. The van der Waals surface area contributed by atoms with E-state index >= 15 is 0 Å². The van der Waals surface area contributed by atoms with Crippen LogP contribution in [-0.4, -0.2) is 47.1 Å². The number of rotatable bonds is 5. The standard InChI is InChI=1S/C21H32BNO6/c1-9-16(17(24)25)23(18(26)27-19(2,3)4)15-12-10-14(11-13-15)22-28-20(5,6)21(7,8)29-22/h10-13,16H,9H2,1-8H3,(H,24,25). The number of amides is 1. The van der Waals surface area contributed by atoms with E-state index in [1.165, 1.54) is 4.90 Å². The first-order valence-electron chi connectivity index (χ1n) is 9.89. The maximum atomic E-state index is 12.8. The van der Waals surface area contributed by atoms with E-state index in [1.807, 2.05) is 27.7 Å². The van der Waals surface area contributed by atoms with Gasteiger partial charge in [0.05, 0.1) is 11.2 Å². The number of carbonyl (C=O) groups excluding carboxylic acids is 1. The number of benzene rings is 1. The molecule has 160 valence electrons.